The second-order valence-corrected chi connectivity index (χ2v) is 3.73. The molecule has 0 atom stereocenters. The first kappa shape index (κ1) is 14.5. The number of aromatic nitrogens is 2. The summed E-state index contributed by atoms with van der Waals surface area (Å²) in [7, 11) is 3.59. The van der Waals surface area contributed by atoms with E-state index in [-0.39, 0.29) is 13.2 Å². The lowest BCUT2D eigenvalue weighted by molar-refractivity contribution is -0.172. The molecule has 0 radical (unpaired) electrons. The lowest BCUT2D eigenvalue weighted by Gasteiger charge is -2.12. The molecule has 1 N–H and O–H groups in total. The quantitative estimate of drug-likeness (QED) is 0.790. The third-order valence-electron chi connectivity index (χ3n) is 1.86. The Hall–Kier alpha value is -1.57. The van der Waals surface area contributed by atoms with E-state index in [2.05, 4.69) is 20.0 Å². The Morgan fingerprint density at radius 2 is 2.11 bits per heavy atom. The van der Waals surface area contributed by atoms with Crippen LogP contribution in [0.4, 0.5) is 24.9 Å². The van der Waals surface area contributed by atoms with Crippen LogP contribution in [0, 0.1) is 0 Å². The summed E-state index contributed by atoms with van der Waals surface area (Å²) in [4.78, 5) is 9.88. The molecule has 0 saturated heterocycles. The maximum atomic E-state index is 11.8. The van der Waals surface area contributed by atoms with Gasteiger partial charge in [-0.25, -0.2) is 4.98 Å². The predicted octanol–water partition coefficient (Wildman–Crippen LogP) is 1.53. The zero-order valence-corrected chi connectivity index (χ0v) is 10.2. The van der Waals surface area contributed by atoms with Gasteiger partial charge in [-0.3, -0.25) is 0 Å². The molecule has 8 heteroatoms. The molecule has 1 aromatic heterocycles. The van der Waals surface area contributed by atoms with Crippen molar-refractivity contribution in [2.75, 3.05) is 44.1 Å². The van der Waals surface area contributed by atoms with Gasteiger partial charge in [0.1, 0.15) is 12.4 Å². The van der Waals surface area contributed by atoms with Crippen molar-refractivity contribution in [3.05, 3.63) is 12.3 Å². The van der Waals surface area contributed by atoms with Gasteiger partial charge >= 0.3 is 6.18 Å². The van der Waals surface area contributed by atoms with Crippen molar-refractivity contribution in [3.8, 4) is 0 Å². The topological polar surface area (TPSA) is 50.3 Å². The van der Waals surface area contributed by atoms with E-state index in [9.17, 15) is 13.2 Å². The summed E-state index contributed by atoms with van der Waals surface area (Å²) in [6.07, 6.45) is -2.71. The van der Waals surface area contributed by atoms with Crippen LogP contribution in [-0.4, -0.2) is 50.0 Å². The Morgan fingerprint density at radius 1 is 1.39 bits per heavy atom. The van der Waals surface area contributed by atoms with Crippen molar-refractivity contribution < 1.29 is 17.9 Å². The number of rotatable bonds is 6. The lowest BCUT2D eigenvalue weighted by atomic mass is 10.5. The number of hydrogen-bond acceptors (Lipinski definition) is 5. The van der Waals surface area contributed by atoms with E-state index in [4.69, 9.17) is 0 Å². The monoisotopic (exact) mass is 264 g/mol. The molecule has 0 spiro atoms. The van der Waals surface area contributed by atoms with E-state index >= 15 is 0 Å². The van der Waals surface area contributed by atoms with Gasteiger partial charge < -0.3 is 15.0 Å². The molecule has 0 unspecified atom stereocenters. The smallest absolute Gasteiger partial charge is 0.370 e. The average Bonchev–Trinajstić information content (AvgIpc) is 2.27. The lowest BCUT2D eigenvalue weighted by Crippen LogP contribution is -2.20. The number of nitrogens with one attached hydrogen (secondary N) is 1. The molecule has 0 aromatic carbocycles. The first-order chi connectivity index (χ1) is 8.38. The summed E-state index contributed by atoms with van der Waals surface area (Å²) in [5, 5.41) is 2.86. The van der Waals surface area contributed by atoms with Crippen LogP contribution >= 0.6 is 0 Å². The molecule has 0 bridgehead atoms. The molecule has 0 fully saturated rings. The van der Waals surface area contributed by atoms with E-state index in [0.29, 0.717) is 11.8 Å². The molecule has 5 nitrogen and oxygen atoms in total. The minimum Gasteiger partial charge on any atom is -0.370 e. The van der Waals surface area contributed by atoms with Gasteiger partial charge in [0.2, 0.25) is 5.95 Å². The fraction of sp³-hybridized carbons (Fsp3) is 0.600. The molecule has 0 saturated carbocycles. The molecular weight excluding hydrogens is 249 g/mol. The van der Waals surface area contributed by atoms with Crippen molar-refractivity contribution in [1.29, 1.82) is 0 Å². The maximum Gasteiger partial charge on any atom is 0.411 e. The van der Waals surface area contributed by atoms with E-state index in [1.807, 2.05) is 0 Å². The van der Waals surface area contributed by atoms with Crippen LogP contribution in [-0.2, 0) is 4.74 Å². The maximum absolute atomic E-state index is 11.8. The Bertz CT molecular complexity index is 370. The molecule has 1 aromatic rings. The largest absolute Gasteiger partial charge is 0.411 e. The SMILES string of the molecule is CN(C)c1nccc(NCCOCC(F)(F)F)n1. The van der Waals surface area contributed by atoms with Crippen LogP contribution in [0.2, 0.25) is 0 Å². The molecule has 1 heterocycles. The van der Waals surface area contributed by atoms with Crippen LogP contribution in [0.3, 0.4) is 0 Å². The van der Waals surface area contributed by atoms with Gasteiger partial charge in [0.05, 0.1) is 6.61 Å². The summed E-state index contributed by atoms with van der Waals surface area (Å²) in [5.41, 5.74) is 0. The fourth-order valence-electron chi connectivity index (χ4n) is 1.10. The average molecular weight is 264 g/mol. The first-order valence-electron chi connectivity index (χ1n) is 5.27. The Balaban J connectivity index is 2.29. The number of halogens is 3. The second-order valence-electron chi connectivity index (χ2n) is 3.73. The molecular formula is C10H15F3N4O. The van der Waals surface area contributed by atoms with Crippen LogP contribution < -0.4 is 10.2 Å². The van der Waals surface area contributed by atoms with Crippen LogP contribution in [0.25, 0.3) is 0 Å². The summed E-state index contributed by atoms with van der Waals surface area (Å²) >= 11 is 0. The Labute approximate surface area is 103 Å². The molecule has 0 aliphatic rings. The molecule has 1 rings (SSSR count). The van der Waals surface area contributed by atoms with E-state index in [1.165, 1.54) is 0 Å². The van der Waals surface area contributed by atoms with Crippen LogP contribution in [0.1, 0.15) is 0 Å². The summed E-state index contributed by atoms with van der Waals surface area (Å²) < 4.78 is 39.8. The highest BCUT2D eigenvalue weighted by Crippen LogP contribution is 2.14. The van der Waals surface area contributed by atoms with Gasteiger partial charge in [-0.05, 0) is 6.07 Å². The Morgan fingerprint density at radius 3 is 2.72 bits per heavy atom. The van der Waals surface area contributed by atoms with E-state index in [0.717, 1.165) is 0 Å². The summed E-state index contributed by atoms with van der Waals surface area (Å²) in [5.74, 6) is 1.07. The highest BCUT2D eigenvalue weighted by molar-refractivity contribution is 5.40. The number of nitrogens with zero attached hydrogens (tertiary/aromatic N) is 3. The Kier molecular flexibility index (Phi) is 5.14. The minimum absolute atomic E-state index is 0.0409. The highest BCUT2D eigenvalue weighted by Gasteiger charge is 2.27. The molecule has 102 valence electrons. The van der Waals surface area contributed by atoms with Crippen molar-refractivity contribution >= 4 is 11.8 Å². The molecule has 18 heavy (non-hydrogen) atoms. The van der Waals surface area contributed by atoms with Crippen LogP contribution in [0.15, 0.2) is 12.3 Å². The summed E-state index contributed by atoms with van der Waals surface area (Å²) in [6, 6.07) is 1.64. The third kappa shape index (κ3) is 5.67. The van der Waals surface area contributed by atoms with Gasteiger partial charge in [-0.15, -0.1) is 0 Å². The summed E-state index contributed by atoms with van der Waals surface area (Å²) in [6.45, 7) is -1.03. The van der Waals surface area contributed by atoms with Gasteiger partial charge in [0, 0.05) is 26.8 Å². The van der Waals surface area contributed by atoms with Crippen molar-refractivity contribution in [2.45, 2.75) is 6.18 Å². The third-order valence-corrected chi connectivity index (χ3v) is 1.86. The van der Waals surface area contributed by atoms with Gasteiger partial charge in [0.25, 0.3) is 0 Å². The number of ether oxygens (including phenoxy) is 1. The minimum atomic E-state index is -4.28. The molecule has 0 amide bonds. The zero-order valence-electron chi connectivity index (χ0n) is 10.2. The van der Waals surface area contributed by atoms with Gasteiger partial charge in [-0.1, -0.05) is 0 Å². The predicted molar refractivity (Wildman–Crippen MR) is 61.7 cm³/mol. The normalized spacial score (nSPS) is 11.4. The zero-order chi connectivity index (χ0) is 13.6. The van der Waals surface area contributed by atoms with E-state index < -0.39 is 12.8 Å². The van der Waals surface area contributed by atoms with Gasteiger partial charge in [-0.2, -0.15) is 18.2 Å². The standard InChI is InChI=1S/C10H15F3N4O/c1-17(2)9-15-4-3-8(16-9)14-5-6-18-7-10(11,12)13/h3-4H,5-7H2,1-2H3,(H,14,15,16). The van der Waals surface area contributed by atoms with Crippen LogP contribution in [0.5, 0.6) is 0 Å². The fourth-order valence-corrected chi connectivity index (χ4v) is 1.10. The number of alkyl halides is 3. The number of anilines is 2. The first-order valence-corrected chi connectivity index (χ1v) is 5.27. The van der Waals surface area contributed by atoms with E-state index in [1.54, 1.807) is 31.3 Å². The highest BCUT2D eigenvalue weighted by atomic mass is 19.4. The molecule has 0 aliphatic heterocycles. The van der Waals surface area contributed by atoms with Crippen molar-refractivity contribution in [3.63, 3.8) is 0 Å². The molecule has 0 aliphatic carbocycles. The van der Waals surface area contributed by atoms with Gasteiger partial charge in [0.15, 0.2) is 0 Å². The van der Waals surface area contributed by atoms with Crippen molar-refractivity contribution in [2.24, 2.45) is 0 Å². The second kappa shape index (κ2) is 6.39. The number of hydrogen-bond donors (Lipinski definition) is 1. The van der Waals surface area contributed by atoms with Crippen molar-refractivity contribution in [1.82, 2.24) is 9.97 Å².